The van der Waals surface area contributed by atoms with Crippen LogP contribution in [0.3, 0.4) is 0 Å². The van der Waals surface area contributed by atoms with E-state index in [0.29, 0.717) is 5.25 Å². The molecular formula is C5H12OS. The van der Waals surface area contributed by atoms with Crippen LogP contribution in [0.25, 0.3) is 0 Å². The van der Waals surface area contributed by atoms with E-state index in [1.165, 1.54) is 0 Å². The van der Waals surface area contributed by atoms with Gasteiger partial charge in [0.2, 0.25) is 0 Å². The Morgan fingerprint density at radius 1 is 1.71 bits per heavy atom. The van der Waals surface area contributed by atoms with Gasteiger partial charge in [0, 0.05) is 11.9 Å². The molecule has 0 aliphatic carbocycles. The van der Waals surface area contributed by atoms with Gasteiger partial charge in [-0.2, -0.15) is 12.6 Å². The molecular weight excluding hydrogens is 108 g/mol. The quantitative estimate of drug-likeness (QED) is 0.553. The van der Waals surface area contributed by atoms with Gasteiger partial charge in [-0.25, -0.2) is 0 Å². The van der Waals surface area contributed by atoms with E-state index in [0.717, 1.165) is 13.2 Å². The molecule has 0 saturated heterocycles. The Morgan fingerprint density at radius 3 is 2.43 bits per heavy atom. The molecule has 1 nitrogen and oxygen atoms in total. The topological polar surface area (TPSA) is 9.23 Å². The van der Waals surface area contributed by atoms with E-state index in [1.807, 2.05) is 13.8 Å². The Hall–Kier alpha value is 0.310. The van der Waals surface area contributed by atoms with Crippen LogP contribution in [0.4, 0.5) is 0 Å². The predicted octanol–water partition coefficient (Wildman–Crippen LogP) is 1.34. The van der Waals surface area contributed by atoms with E-state index in [9.17, 15) is 0 Å². The van der Waals surface area contributed by atoms with E-state index in [4.69, 9.17) is 4.74 Å². The molecule has 44 valence electrons. The van der Waals surface area contributed by atoms with E-state index in [-0.39, 0.29) is 0 Å². The highest BCUT2D eigenvalue weighted by Gasteiger charge is 1.89. The fraction of sp³-hybridized carbons (Fsp3) is 1.00. The first-order valence-corrected chi connectivity index (χ1v) is 3.04. The molecule has 0 aromatic rings. The molecule has 0 aromatic carbocycles. The Balaban J connectivity index is 2.68. The van der Waals surface area contributed by atoms with Crippen molar-refractivity contribution in [3.05, 3.63) is 0 Å². The molecule has 1 atom stereocenters. The van der Waals surface area contributed by atoms with Crippen molar-refractivity contribution in [1.29, 1.82) is 0 Å². The third-order valence-corrected chi connectivity index (χ3v) is 0.712. The zero-order chi connectivity index (χ0) is 5.70. The molecule has 0 rings (SSSR count). The smallest absolute Gasteiger partial charge is 0.0579 e. The monoisotopic (exact) mass is 120 g/mol. The molecule has 1 unspecified atom stereocenters. The largest absolute Gasteiger partial charge is 0.381 e. The highest BCUT2D eigenvalue weighted by atomic mass is 32.1. The first-order valence-electron chi connectivity index (χ1n) is 2.53. The van der Waals surface area contributed by atoms with Crippen molar-refractivity contribution in [2.24, 2.45) is 0 Å². The summed E-state index contributed by atoms with van der Waals surface area (Å²) in [6, 6.07) is 0. The number of rotatable bonds is 3. The summed E-state index contributed by atoms with van der Waals surface area (Å²) in [5.41, 5.74) is 0. The van der Waals surface area contributed by atoms with Gasteiger partial charge >= 0.3 is 0 Å². The van der Waals surface area contributed by atoms with Crippen LogP contribution in [0.15, 0.2) is 0 Å². The molecule has 2 heteroatoms. The Bertz CT molecular complexity index is 37.1. The van der Waals surface area contributed by atoms with Gasteiger partial charge in [-0.05, 0) is 6.92 Å². The summed E-state index contributed by atoms with van der Waals surface area (Å²) in [4.78, 5) is 0. The second-order valence-corrected chi connectivity index (χ2v) is 2.39. The standard InChI is InChI=1S/C5H12OS/c1-3-6-4-5(2)7/h5,7H,3-4H2,1-2H3. The van der Waals surface area contributed by atoms with Crippen LogP contribution in [0.1, 0.15) is 13.8 Å². The summed E-state index contributed by atoms with van der Waals surface area (Å²) in [5, 5.41) is 0.375. The zero-order valence-electron chi connectivity index (χ0n) is 4.85. The predicted molar refractivity (Wildman–Crippen MR) is 34.9 cm³/mol. The Morgan fingerprint density at radius 2 is 2.29 bits per heavy atom. The molecule has 0 aliphatic rings. The fourth-order valence-electron chi connectivity index (χ4n) is 0.288. The van der Waals surface area contributed by atoms with Crippen LogP contribution in [0.2, 0.25) is 0 Å². The second kappa shape index (κ2) is 4.47. The van der Waals surface area contributed by atoms with Crippen molar-refractivity contribution in [3.8, 4) is 0 Å². The van der Waals surface area contributed by atoms with Crippen LogP contribution in [0, 0.1) is 0 Å². The van der Waals surface area contributed by atoms with Gasteiger partial charge < -0.3 is 4.74 Å². The summed E-state index contributed by atoms with van der Waals surface area (Å²) >= 11 is 4.11. The maximum Gasteiger partial charge on any atom is 0.0579 e. The third-order valence-electron chi connectivity index (χ3n) is 0.563. The lowest BCUT2D eigenvalue weighted by atomic mass is 10.5. The van der Waals surface area contributed by atoms with Crippen LogP contribution in [-0.4, -0.2) is 18.5 Å². The van der Waals surface area contributed by atoms with Gasteiger partial charge in [0.05, 0.1) is 6.61 Å². The first kappa shape index (κ1) is 7.31. The molecule has 0 N–H and O–H groups in total. The van der Waals surface area contributed by atoms with Crippen LogP contribution in [0.5, 0.6) is 0 Å². The Labute approximate surface area is 50.5 Å². The normalized spacial score (nSPS) is 14.1. The van der Waals surface area contributed by atoms with Crippen molar-refractivity contribution in [3.63, 3.8) is 0 Å². The van der Waals surface area contributed by atoms with E-state index in [2.05, 4.69) is 12.6 Å². The van der Waals surface area contributed by atoms with Gasteiger partial charge in [-0.3, -0.25) is 0 Å². The number of ether oxygens (including phenoxy) is 1. The van der Waals surface area contributed by atoms with Crippen molar-refractivity contribution in [2.75, 3.05) is 13.2 Å². The van der Waals surface area contributed by atoms with E-state index in [1.54, 1.807) is 0 Å². The lowest BCUT2D eigenvalue weighted by molar-refractivity contribution is 0.152. The SMILES string of the molecule is CCOCC(C)S. The molecule has 0 bridgehead atoms. The number of thiol groups is 1. The summed E-state index contributed by atoms with van der Waals surface area (Å²) in [6.45, 7) is 5.56. The van der Waals surface area contributed by atoms with Crippen LogP contribution in [-0.2, 0) is 4.74 Å². The van der Waals surface area contributed by atoms with Crippen molar-refractivity contribution in [1.82, 2.24) is 0 Å². The highest BCUT2D eigenvalue weighted by molar-refractivity contribution is 7.80. The van der Waals surface area contributed by atoms with Gasteiger partial charge in [0.15, 0.2) is 0 Å². The summed E-state index contributed by atoms with van der Waals surface area (Å²) in [7, 11) is 0. The van der Waals surface area contributed by atoms with E-state index >= 15 is 0 Å². The molecule has 0 aliphatic heterocycles. The van der Waals surface area contributed by atoms with Crippen molar-refractivity contribution < 1.29 is 4.74 Å². The number of hydrogen-bond donors (Lipinski definition) is 1. The highest BCUT2D eigenvalue weighted by Crippen LogP contribution is 1.91. The average molecular weight is 120 g/mol. The van der Waals surface area contributed by atoms with Crippen molar-refractivity contribution in [2.45, 2.75) is 19.1 Å². The number of hydrogen-bond acceptors (Lipinski definition) is 2. The minimum atomic E-state index is 0.375. The fourth-order valence-corrected chi connectivity index (χ4v) is 0.394. The summed E-state index contributed by atoms with van der Waals surface area (Å²) < 4.78 is 5.02. The van der Waals surface area contributed by atoms with Gasteiger partial charge in [0.25, 0.3) is 0 Å². The summed E-state index contributed by atoms with van der Waals surface area (Å²) in [6.07, 6.45) is 0. The first-order chi connectivity index (χ1) is 3.27. The molecule has 0 spiro atoms. The summed E-state index contributed by atoms with van der Waals surface area (Å²) in [5.74, 6) is 0. The van der Waals surface area contributed by atoms with E-state index < -0.39 is 0 Å². The lowest BCUT2D eigenvalue weighted by Gasteiger charge is -2.00. The molecule has 0 saturated carbocycles. The van der Waals surface area contributed by atoms with Gasteiger partial charge in [-0.15, -0.1) is 0 Å². The molecule has 0 fully saturated rings. The maximum absolute atomic E-state index is 5.02. The minimum absolute atomic E-state index is 0.375. The lowest BCUT2D eigenvalue weighted by Crippen LogP contribution is -2.03. The van der Waals surface area contributed by atoms with Gasteiger partial charge in [0.1, 0.15) is 0 Å². The van der Waals surface area contributed by atoms with Crippen LogP contribution >= 0.6 is 12.6 Å². The minimum Gasteiger partial charge on any atom is -0.381 e. The third kappa shape index (κ3) is 6.31. The Kier molecular flexibility index (Phi) is 4.67. The van der Waals surface area contributed by atoms with Gasteiger partial charge in [-0.1, -0.05) is 6.92 Å². The molecule has 0 radical (unpaired) electrons. The molecule has 0 amide bonds. The van der Waals surface area contributed by atoms with Crippen molar-refractivity contribution >= 4 is 12.6 Å². The second-order valence-electron chi connectivity index (χ2n) is 1.51. The molecule has 7 heavy (non-hydrogen) atoms. The molecule has 0 heterocycles. The zero-order valence-corrected chi connectivity index (χ0v) is 5.74. The maximum atomic E-state index is 5.02. The average Bonchev–Trinajstić information content (AvgIpc) is 1.61. The molecule has 0 aromatic heterocycles. The van der Waals surface area contributed by atoms with Crippen LogP contribution < -0.4 is 0 Å².